The fourth-order valence-electron chi connectivity index (χ4n) is 2.92. The van der Waals surface area contributed by atoms with Crippen LogP contribution in [0.25, 0.3) is 0 Å². The highest BCUT2D eigenvalue weighted by molar-refractivity contribution is 5.76. The zero-order valence-electron chi connectivity index (χ0n) is 13.8. The Bertz CT molecular complexity index is 294. The summed E-state index contributed by atoms with van der Waals surface area (Å²) in [5.74, 6) is 0.237. The third kappa shape index (κ3) is 5.80. The molecule has 0 saturated heterocycles. The summed E-state index contributed by atoms with van der Waals surface area (Å²) in [4.78, 5) is 16.2. The Balaban J connectivity index is 2.26. The van der Waals surface area contributed by atoms with Crippen LogP contribution < -0.4 is 5.73 Å². The van der Waals surface area contributed by atoms with Gasteiger partial charge in [-0.1, -0.05) is 13.8 Å². The van der Waals surface area contributed by atoms with E-state index in [4.69, 9.17) is 5.73 Å². The van der Waals surface area contributed by atoms with Gasteiger partial charge in [0.15, 0.2) is 0 Å². The number of carbonyl (C=O) groups excluding carboxylic acids is 1. The first-order chi connectivity index (χ1) is 9.35. The Labute approximate surface area is 124 Å². The van der Waals surface area contributed by atoms with Crippen molar-refractivity contribution in [1.82, 2.24) is 9.80 Å². The SMILES string of the molecule is CN(CCCN)C(=O)CCN(C)C1CCC(C)(C)CC1. The van der Waals surface area contributed by atoms with E-state index < -0.39 is 0 Å². The van der Waals surface area contributed by atoms with Crippen molar-refractivity contribution < 1.29 is 4.79 Å². The van der Waals surface area contributed by atoms with Gasteiger partial charge in [-0.2, -0.15) is 0 Å². The van der Waals surface area contributed by atoms with Crippen LogP contribution in [-0.4, -0.2) is 55.5 Å². The van der Waals surface area contributed by atoms with Gasteiger partial charge in [-0.15, -0.1) is 0 Å². The zero-order valence-corrected chi connectivity index (χ0v) is 13.8. The van der Waals surface area contributed by atoms with Crippen LogP contribution in [0.3, 0.4) is 0 Å². The molecule has 1 fully saturated rings. The molecule has 0 atom stereocenters. The summed E-state index contributed by atoms with van der Waals surface area (Å²) in [7, 11) is 4.04. The van der Waals surface area contributed by atoms with Crippen LogP contribution in [0.5, 0.6) is 0 Å². The summed E-state index contributed by atoms with van der Waals surface area (Å²) in [6.07, 6.45) is 6.63. The fraction of sp³-hybridized carbons (Fsp3) is 0.938. The van der Waals surface area contributed by atoms with Gasteiger partial charge < -0.3 is 15.5 Å². The smallest absolute Gasteiger partial charge is 0.223 e. The van der Waals surface area contributed by atoms with Crippen LogP contribution in [0.15, 0.2) is 0 Å². The number of carbonyl (C=O) groups is 1. The molecular formula is C16H33N3O. The number of nitrogens with two attached hydrogens (primary N) is 1. The molecule has 1 aliphatic carbocycles. The average Bonchev–Trinajstić information content (AvgIpc) is 2.41. The third-order valence-electron chi connectivity index (χ3n) is 4.73. The second kappa shape index (κ2) is 7.99. The Hall–Kier alpha value is -0.610. The van der Waals surface area contributed by atoms with Gasteiger partial charge in [0.1, 0.15) is 0 Å². The lowest BCUT2D eigenvalue weighted by Gasteiger charge is -2.38. The summed E-state index contributed by atoms with van der Waals surface area (Å²) in [5, 5.41) is 0. The van der Waals surface area contributed by atoms with Crippen molar-refractivity contribution in [3.8, 4) is 0 Å². The number of amides is 1. The highest BCUT2D eigenvalue weighted by atomic mass is 16.2. The molecule has 0 heterocycles. The number of hydrogen-bond donors (Lipinski definition) is 1. The topological polar surface area (TPSA) is 49.6 Å². The molecule has 0 bridgehead atoms. The molecule has 20 heavy (non-hydrogen) atoms. The first-order valence-electron chi connectivity index (χ1n) is 8.00. The summed E-state index contributed by atoms with van der Waals surface area (Å²) in [6, 6.07) is 0.658. The maximum absolute atomic E-state index is 12.0. The summed E-state index contributed by atoms with van der Waals surface area (Å²) in [5.41, 5.74) is 5.98. The molecule has 0 aliphatic heterocycles. The highest BCUT2D eigenvalue weighted by Gasteiger charge is 2.28. The molecule has 1 aliphatic rings. The van der Waals surface area contributed by atoms with Crippen LogP contribution >= 0.6 is 0 Å². The molecular weight excluding hydrogens is 250 g/mol. The Morgan fingerprint density at radius 3 is 2.35 bits per heavy atom. The number of hydrogen-bond acceptors (Lipinski definition) is 3. The lowest BCUT2D eigenvalue weighted by Crippen LogP contribution is -2.39. The normalized spacial score (nSPS) is 19.3. The summed E-state index contributed by atoms with van der Waals surface area (Å²) < 4.78 is 0. The van der Waals surface area contributed by atoms with Crippen LogP contribution in [0, 0.1) is 5.41 Å². The molecule has 0 spiro atoms. The molecule has 4 heteroatoms. The molecule has 1 rings (SSSR count). The van der Waals surface area contributed by atoms with Crippen LogP contribution in [0.2, 0.25) is 0 Å². The van der Waals surface area contributed by atoms with Crippen molar-refractivity contribution in [1.29, 1.82) is 0 Å². The molecule has 0 aromatic rings. The average molecular weight is 283 g/mol. The lowest BCUT2D eigenvalue weighted by atomic mass is 9.75. The summed E-state index contributed by atoms with van der Waals surface area (Å²) in [6.45, 7) is 7.02. The molecule has 2 N–H and O–H groups in total. The van der Waals surface area contributed by atoms with Gasteiger partial charge in [-0.05, 0) is 51.1 Å². The Morgan fingerprint density at radius 2 is 1.80 bits per heavy atom. The van der Waals surface area contributed by atoms with E-state index in [9.17, 15) is 4.79 Å². The maximum atomic E-state index is 12.0. The molecule has 1 amide bonds. The monoisotopic (exact) mass is 283 g/mol. The van der Waals surface area contributed by atoms with Crippen LogP contribution in [0.4, 0.5) is 0 Å². The molecule has 0 aromatic heterocycles. The van der Waals surface area contributed by atoms with Gasteiger partial charge in [0.2, 0.25) is 5.91 Å². The zero-order chi connectivity index (χ0) is 15.2. The minimum absolute atomic E-state index is 0.237. The van der Waals surface area contributed by atoms with Crippen molar-refractivity contribution in [3.05, 3.63) is 0 Å². The molecule has 0 radical (unpaired) electrons. The second-order valence-corrected chi connectivity index (χ2v) is 7.08. The van der Waals surface area contributed by atoms with E-state index >= 15 is 0 Å². The van der Waals surface area contributed by atoms with Crippen molar-refractivity contribution in [2.24, 2.45) is 11.1 Å². The van der Waals surface area contributed by atoms with Gasteiger partial charge in [-0.25, -0.2) is 0 Å². The predicted molar refractivity (Wildman–Crippen MR) is 84.6 cm³/mol. The van der Waals surface area contributed by atoms with E-state index in [1.54, 1.807) is 0 Å². The van der Waals surface area contributed by atoms with E-state index in [-0.39, 0.29) is 5.91 Å². The Kier molecular flexibility index (Phi) is 6.96. The minimum atomic E-state index is 0.237. The van der Waals surface area contributed by atoms with Crippen LogP contribution in [0.1, 0.15) is 52.4 Å². The Morgan fingerprint density at radius 1 is 1.20 bits per heavy atom. The van der Waals surface area contributed by atoms with E-state index in [0.717, 1.165) is 19.5 Å². The fourth-order valence-corrected chi connectivity index (χ4v) is 2.92. The second-order valence-electron chi connectivity index (χ2n) is 7.08. The molecule has 0 aromatic carbocycles. The summed E-state index contributed by atoms with van der Waals surface area (Å²) >= 11 is 0. The van der Waals surface area contributed by atoms with Gasteiger partial charge in [0.05, 0.1) is 0 Å². The van der Waals surface area contributed by atoms with Crippen molar-refractivity contribution in [2.75, 3.05) is 33.7 Å². The van der Waals surface area contributed by atoms with E-state index in [1.807, 2.05) is 11.9 Å². The van der Waals surface area contributed by atoms with E-state index in [0.29, 0.717) is 24.4 Å². The standard InChI is InChI=1S/C16H33N3O/c1-16(2)9-6-14(7-10-16)18(3)13-8-15(20)19(4)12-5-11-17/h14H,5-13,17H2,1-4H3. The minimum Gasteiger partial charge on any atom is -0.346 e. The first-order valence-corrected chi connectivity index (χ1v) is 8.00. The van der Waals surface area contributed by atoms with Gasteiger partial charge >= 0.3 is 0 Å². The van der Waals surface area contributed by atoms with Crippen LogP contribution in [-0.2, 0) is 4.79 Å². The largest absolute Gasteiger partial charge is 0.346 e. The lowest BCUT2D eigenvalue weighted by molar-refractivity contribution is -0.130. The van der Waals surface area contributed by atoms with Crippen molar-refractivity contribution in [3.63, 3.8) is 0 Å². The molecule has 1 saturated carbocycles. The quantitative estimate of drug-likeness (QED) is 0.778. The van der Waals surface area contributed by atoms with Gasteiger partial charge in [0, 0.05) is 32.6 Å². The van der Waals surface area contributed by atoms with Gasteiger partial charge in [-0.3, -0.25) is 4.79 Å². The van der Waals surface area contributed by atoms with E-state index in [2.05, 4.69) is 25.8 Å². The molecule has 118 valence electrons. The highest BCUT2D eigenvalue weighted by Crippen LogP contribution is 2.36. The van der Waals surface area contributed by atoms with Crippen molar-refractivity contribution in [2.45, 2.75) is 58.4 Å². The maximum Gasteiger partial charge on any atom is 0.223 e. The van der Waals surface area contributed by atoms with Crippen molar-refractivity contribution >= 4 is 5.91 Å². The molecule has 0 unspecified atom stereocenters. The van der Waals surface area contributed by atoms with E-state index in [1.165, 1.54) is 25.7 Å². The van der Waals surface area contributed by atoms with Gasteiger partial charge in [0.25, 0.3) is 0 Å². The number of nitrogens with zero attached hydrogens (tertiary/aromatic N) is 2. The third-order valence-corrected chi connectivity index (χ3v) is 4.73. The predicted octanol–water partition coefficient (Wildman–Crippen LogP) is 2.08. The number of rotatable bonds is 7. The first kappa shape index (κ1) is 17.4. The molecule has 4 nitrogen and oxygen atoms in total.